The van der Waals surface area contributed by atoms with Crippen LogP contribution in [0.4, 0.5) is 17.6 Å². The van der Waals surface area contributed by atoms with Crippen LogP contribution in [0.3, 0.4) is 0 Å². The molecule has 0 saturated heterocycles. The standard InChI is InChI=1S/C2F4.2C2H4/c3-1(4)2(5)6;2*1-2/h;2*1-2H2. The van der Waals surface area contributed by atoms with Crippen LogP contribution in [0.2, 0.25) is 0 Å². The molecular weight excluding hydrogens is 148 g/mol. The van der Waals surface area contributed by atoms with Gasteiger partial charge < -0.3 is 0 Å². The van der Waals surface area contributed by atoms with Gasteiger partial charge in [-0.2, -0.15) is 17.6 Å². The third-order valence-corrected chi connectivity index (χ3v) is 0.143. The maximum Gasteiger partial charge on any atom is 0.334 e. The molecule has 0 aromatic carbocycles. The lowest BCUT2D eigenvalue weighted by Gasteiger charge is -1.69. The molecule has 0 aromatic heterocycles. The molecule has 0 heterocycles. The normalized spacial score (nSPS) is 5.60. The molecule has 0 nitrogen and oxygen atoms in total. The van der Waals surface area contributed by atoms with E-state index in [9.17, 15) is 17.6 Å². The van der Waals surface area contributed by atoms with Gasteiger partial charge >= 0.3 is 12.2 Å². The van der Waals surface area contributed by atoms with Gasteiger partial charge in [0.2, 0.25) is 0 Å². The highest BCUT2D eigenvalue weighted by molar-refractivity contribution is 4.77. The summed E-state index contributed by atoms with van der Waals surface area (Å²) < 4.78 is 41.1. The molecule has 0 amide bonds. The Hall–Kier alpha value is -1.06. The van der Waals surface area contributed by atoms with Gasteiger partial charge in [-0.3, -0.25) is 0 Å². The number of rotatable bonds is 0. The largest absolute Gasteiger partial charge is 0.334 e. The molecule has 0 aromatic rings. The SMILES string of the molecule is C=C.C=C.FC(F)=C(F)F. The smallest absolute Gasteiger partial charge is 0.167 e. The van der Waals surface area contributed by atoms with Crippen molar-refractivity contribution >= 4 is 0 Å². The molecule has 0 N–H and O–H groups in total. The number of hydrogen-bond donors (Lipinski definition) is 0. The van der Waals surface area contributed by atoms with E-state index in [0.717, 1.165) is 0 Å². The molecule has 0 saturated carbocycles. The van der Waals surface area contributed by atoms with Crippen LogP contribution in [0, 0.1) is 0 Å². The minimum Gasteiger partial charge on any atom is -0.167 e. The van der Waals surface area contributed by atoms with Gasteiger partial charge in [0.25, 0.3) is 0 Å². The van der Waals surface area contributed by atoms with Gasteiger partial charge in [-0.25, -0.2) is 0 Å². The Balaban J connectivity index is -0.000000105. The summed E-state index contributed by atoms with van der Waals surface area (Å²) in [6.07, 6.45) is -5.81. The monoisotopic (exact) mass is 156 g/mol. The van der Waals surface area contributed by atoms with Crippen LogP contribution < -0.4 is 0 Å². The molecule has 10 heavy (non-hydrogen) atoms. The van der Waals surface area contributed by atoms with E-state index < -0.39 is 12.2 Å². The van der Waals surface area contributed by atoms with Gasteiger partial charge in [0.15, 0.2) is 0 Å². The lowest BCUT2D eigenvalue weighted by molar-refractivity contribution is 0.308. The van der Waals surface area contributed by atoms with Crippen molar-refractivity contribution in [1.82, 2.24) is 0 Å². The fraction of sp³-hybridized carbons (Fsp3) is 0. The van der Waals surface area contributed by atoms with Crippen LogP contribution in [-0.4, -0.2) is 0 Å². The van der Waals surface area contributed by atoms with Crippen molar-refractivity contribution in [3.63, 3.8) is 0 Å². The van der Waals surface area contributed by atoms with E-state index in [1.165, 1.54) is 0 Å². The zero-order valence-corrected chi connectivity index (χ0v) is 5.34. The quantitative estimate of drug-likeness (QED) is 0.371. The first kappa shape index (κ1) is 16.0. The second kappa shape index (κ2) is 15.7. The van der Waals surface area contributed by atoms with Crippen LogP contribution in [0.5, 0.6) is 0 Å². The van der Waals surface area contributed by atoms with Crippen molar-refractivity contribution < 1.29 is 17.6 Å². The van der Waals surface area contributed by atoms with E-state index in [0.29, 0.717) is 0 Å². The Morgan fingerprint density at radius 2 is 0.700 bits per heavy atom. The van der Waals surface area contributed by atoms with Gasteiger partial charge in [0, 0.05) is 0 Å². The highest BCUT2D eigenvalue weighted by Crippen LogP contribution is 2.08. The predicted molar refractivity (Wildman–Crippen MR) is 34.0 cm³/mol. The molecule has 0 fully saturated rings. The third-order valence-electron chi connectivity index (χ3n) is 0.143. The summed E-state index contributed by atoms with van der Waals surface area (Å²) in [7, 11) is 0. The van der Waals surface area contributed by atoms with Crippen molar-refractivity contribution in [2.45, 2.75) is 0 Å². The van der Waals surface area contributed by atoms with E-state index in [1.54, 1.807) is 0 Å². The number of halogens is 4. The lowest BCUT2D eigenvalue weighted by Crippen LogP contribution is -1.56. The van der Waals surface area contributed by atoms with Gasteiger partial charge in [0.1, 0.15) is 0 Å². The first-order valence-electron chi connectivity index (χ1n) is 2.01. The van der Waals surface area contributed by atoms with Gasteiger partial charge in [-0.15, -0.1) is 26.3 Å². The molecule has 0 spiro atoms. The molecule has 0 aliphatic heterocycles. The maximum atomic E-state index is 10.3. The Morgan fingerprint density at radius 1 is 0.600 bits per heavy atom. The van der Waals surface area contributed by atoms with Crippen molar-refractivity contribution in [3.8, 4) is 0 Å². The zero-order valence-electron chi connectivity index (χ0n) is 5.34. The third kappa shape index (κ3) is 28.3. The molecule has 4 heteroatoms. The van der Waals surface area contributed by atoms with Crippen LogP contribution >= 0.6 is 0 Å². The molecule has 0 rings (SSSR count). The summed E-state index contributed by atoms with van der Waals surface area (Å²) in [5.41, 5.74) is 0. The summed E-state index contributed by atoms with van der Waals surface area (Å²) in [6, 6.07) is 0. The molecule has 0 aliphatic rings. The Bertz CT molecular complexity index is 77.9. The van der Waals surface area contributed by atoms with Crippen LogP contribution in [0.15, 0.2) is 38.5 Å². The highest BCUT2D eigenvalue weighted by atomic mass is 19.3. The maximum absolute atomic E-state index is 10.3. The van der Waals surface area contributed by atoms with E-state index in [1.807, 2.05) is 0 Å². The number of hydrogen-bond acceptors (Lipinski definition) is 0. The van der Waals surface area contributed by atoms with Gasteiger partial charge in [0.05, 0.1) is 0 Å². The summed E-state index contributed by atoms with van der Waals surface area (Å²) >= 11 is 0. The van der Waals surface area contributed by atoms with Crippen molar-refractivity contribution in [1.29, 1.82) is 0 Å². The average molecular weight is 156 g/mol. The molecule has 0 aliphatic carbocycles. The minimum atomic E-state index is -2.91. The van der Waals surface area contributed by atoms with Crippen molar-refractivity contribution in [2.75, 3.05) is 0 Å². The molecular formula is C6H8F4. The van der Waals surface area contributed by atoms with Crippen LogP contribution in [0.25, 0.3) is 0 Å². The fourth-order valence-corrected chi connectivity index (χ4v) is 0. The summed E-state index contributed by atoms with van der Waals surface area (Å²) in [6.45, 7) is 12.0. The topological polar surface area (TPSA) is 0 Å². The van der Waals surface area contributed by atoms with Crippen LogP contribution in [0.1, 0.15) is 0 Å². The highest BCUT2D eigenvalue weighted by Gasteiger charge is 1.98. The molecule has 0 radical (unpaired) electrons. The van der Waals surface area contributed by atoms with Crippen molar-refractivity contribution in [3.05, 3.63) is 38.5 Å². The molecule has 0 atom stereocenters. The zero-order chi connectivity index (χ0) is 9.15. The molecule has 0 bridgehead atoms. The lowest BCUT2D eigenvalue weighted by atomic mass is 11.1. The Labute approximate surface area is 57.2 Å². The van der Waals surface area contributed by atoms with Crippen molar-refractivity contribution in [2.24, 2.45) is 0 Å². The molecule has 60 valence electrons. The van der Waals surface area contributed by atoms with Gasteiger partial charge in [-0.05, 0) is 0 Å². The Morgan fingerprint density at radius 3 is 0.700 bits per heavy atom. The van der Waals surface area contributed by atoms with E-state index in [2.05, 4.69) is 26.3 Å². The predicted octanol–water partition coefficient (Wildman–Crippen LogP) is 3.60. The van der Waals surface area contributed by atoms with E-state index >= 15 is 0 Å². The Kier molecular flexibility index (Phi) is 25.0. The van der Waals surface area contributed by atoms with Gasteiger partial charge in [-0.1, -0.05) is 0 Å². The first-order chi connectivity index (χ1) is 4.64. The summed E-state index contributed by atoms with van der Waals surface area (Å²) in [4.78, 5) is 0. The second-order valence-corrected chi connectivity index (χ2v) is 0.521. The van der Waals surface area contributed by atoms with Crippen LogP contribution in [-0.2, 0) is 0 Å². The molecule has 0 unspecified atom stereocenters. The first-order valence-corrected chi connectivity index (χ1v) is 2.01. The second-order valence-electron chi connectivity index (χ2n) is 0.521. The van der Waals surface area contributed by atoms with E-state index in [-0.39, 0.29) is 0 Å². The average Bonchev–Trinajstić information content (AvgIpc) is 1.96. The minimum absolute atomic E-state index is 2.91. The summed E-state index contributed by atoms with van der Waals surface area (Å²) in [5, 5.41) is 0. The summed E-state index contributed by atoms with van der Waals surface area (Å²) in [5.74, 6) is 0. The van der Waals surface area contributed by atoms with E-state index in [4.69, 9.17) is 0 Å². The fourth-order valence-electron chi connectivity index (χ4n) is 0.